The van der Waals surface area contributed by atoms with Crippen LogP contribution in [0.3, 0.4) is 0 Å². The van der Waals surface area contributed by atoms with Gasteiger partial charge in [-0.1, -0.05) is 32.4 Å². The lowest BCUT2D eigenvalue weighted by atomic mass is 9.87. The van der Waals surface area contributed by atoms with Crippen LogP contribution in [0.5, 0.6) is 0 Å². The highest BCUT2D eigenvalue weighted by atomic mass is 35.5. The fourth-order valence-electron chi connectivity index (χ4n) is 1.52. The molecule has 19 heavy (non-hydrogen) atoms. The molecule has 0 aliphatic heterocycles. The quantitative estimate of drug-likeness (QED) is 0.894. The molecule has 0 saturated heterocycles. The van der Waals surface area contributed by atoms with Gasteiger partial charge in [-0.15, -0.1) is 0 Å². The molecule has 3 nitrogen and oxygen atoms in total. The van der Waals surface area contributed by atoms with Gasteiger partial charge in [0.15, 0.2) is 0 Å². The molecule has 2 N–H and O–H groups in total. The molecule has 0 fully saturated rings. The highest BCUT2D eigenvalue weighted by molar-refractivity contribution is 6.33. The van der Waals surface area contributed by atoms with Gasteiger partial charge in [-0.25, -0.2) is 4.39 Å². The zero-order valence-corrected chi connectivity index (χ0v) is 12.1. The van der Waals surface area contributed by atoms with Gasteiger partial charge in [0.25, 0.3) is 5.91 Å². The molecular formula is C14H19ClFNO2. The molecule has 1 aromatic carbocycles. The molecule has 0 radical (unpaired) electrons. The van der Waals surface area contributed by atoms with Crippen molar-refractivity contribution in [2.75, 3.05) is 6.54 Å². The Kier molecular flexibility index (Phi) is 5.32. The molecule has 5 heteroatoms. The molecule has 0 spiro atoms. The van der Waals surface area contributed by atoms with Crippen LogP contribution in [0.4, 0.5) is 4.39 Å². The first-order valence-corrected chi connectivity index (χ1v) is 6.51. The summed E-state index contributed by atoms with van der Waals surface area (Å²) in [5.41, 5.74) is 0.00596. The molecule has 1 unspecified atom stereocenters. The van der Waals surface area contributed by atoms with Crippen molar-refractivity contribution in [2.45, 2.75) is 33.3 Å². The average Bonchev–Trinajstić information content (AvgIpc) is 2.27. The highest BCUT2D eigenvalue weighted by Crippen LogP contribution is 2.21. The van der Waals surface area contributed by atoms with E-state index in [1.54, 1.807) is 0 Å². The van der Waals surface area contributed by atoms with Crippen molar-refractivity contribution >= 4 is 17.5 Å². The fourth-order valence-corrected chi connectivity index (χ4v) is 1.78. The number of aliphatic hydroxyl groups is 1. The maximum Gasteiger partial charge on any atom is 0.252 e. The van der Waals surface area contributed by atoms with E-state index in [1.807, 2.05) is 20.8 Å². The number of carbonyl (C=O) groups is 1. The van der Waals surface area contributed by atoms with Gasteiger partial charge in [0.2, 0.25) is 0 Å². The number of benzene rings is 1. The molecule has 1 aromatic rings. The number of rotatable bonds is 4. The van der Waals surface area contributed by atoms with Crippen molar-refractivity contribution in [3.63, 3.8) is 0 Å². The third-order valence-corrected chi connectivity index (χ3v) is 3.19. The van der Waals surface area contributed by atoms with Gasteiger partial charge in [-0.3, -0.25) is 4.79 Å². The number of amides is 1. The molecule has 1 amide bonds. The van der Waals surface area contributed by atoms with E-state index in [1.165, 1.54) is 12.1 Å². The van der Waals surface area contributed by atoms with E-state index in [0.29, 0.717) is 13.0 Å². The zero-order chi connectivity index (χ0) is 14.6. The Balaban J connectivity index is 2.52. The molecule has 0 aliphatic rings. The van der Waals surface area contributed by atoms with E-state index in [4.69, 9.17) is 11.6 Å². The summed E-state index contributed by atoms with van der Waals surface area (Å²) in [7, 11) is 0. The lowest BCUT2D eigenvalue weighted by Gasteiger charge is -2.25. The Labute approximate surface area is 117 Å². The topological polar surface area (TPSA) is 49.3 Å². The second-order valence-electron chi connectivity index (χ2n) is 5.55. The van der Waals surface area contributed by atoms with Crippen molar-refractivity contribution in [2.24, 2.45) is 5.41 Å². The number of nitrogens with one attached hydrogen (secondary N) is 1. The van der Waals surface area contributed by atoms with E-state index in [9.17, 15) is 14.3 Å². The Morgan fingerprint density at radius 1 is 1.47 bits per heavy atom. The SMILES string of the molecule is CC(C)(C)C(O)CCNC(=O)c1ccc(F)cc1Cl. The summed E-state index contributed by atoms with van der Waals surface area (Å²) in [6.45, 7) is 6.12. The van der Waals surface area contributed by atoms with Gasteiger partial charge in [0.05, 0.1) is 16.7 Å². The van der Waals surface area contributed by atoms with Crippen LogP contribution in [0.1, 0.15) is 37.6 Å². The molecule has 1 atom stereocenters. The van der Waals surface area contributed by atoms with Crippen LogP contribution >= 0.6 is 11.6 Å². The third kappa shape index (κ3) is 4.80. The minimum atomic E-state index is -0.503. The molecule has 0 aliphatic carbocycles. The molecule has 106 valence electrons. The van der Waals surface area contributed by atoms with Crippen molar-refractivity contribution in [1.29, 1.82) is 0 Å². The van der Waals surface area contributed by atoms with Crippen LogP contribution in [0, 0.1) is 11.2 Å². The van der Waals surface area contributed by atoms with E-state index in [-0.39, 0.29) is 21.9 Å². The largest absolute Gasteiger partial charge is 0.393 e. The van der Waals surface area contributed by atoms with E-state index >= 15 is 0 Å². The fraction of sp³-hybridized carbons (Fsp3) is 0.500. The molecule has 0 heterocycles. The summed E-state index contributed by atoms with van der Waals surface area (Å²) in [6, 6.07) is 3.62. The van der Waals surface area contributed by atoms with Crippen LogP contribution in [0.2, 0.25) is 5.02 Å². The molecule has 1 rings (SSSR count). The zero-order valence-electron chi connectivity index (χ0n) is 11.3. The third-order valence-electron chi connectivity index (χ3n) is 2.88. The summed E-state index contributed by atoms with van der Waals surface area (Å²) in [5, 5.41) is 12.6. The van der Waals surface area contributed by atoms with Crippen molar-refractivity contribution in [1.82, 2.24) is 5.32 Å². The van der Waals surface area contributed by atoms with Crippen LogP contribution in [-0.4, -0.2) is 23.7 Å². The van der Waals surface area contributed by atoms with Crippen LogP contribution in [-0.2, 0) is 0 Å². The van der Waals surface area contributed by atoms with Crippen molar-refractivity contribution in [3.8, 4) is 0 Å². The number of halogens is 2. The Bertz CT molecular complexity index is 457. The first-order valence-electron chi connectivity index (χ1n) is 6.13. The first kappa shape index (κ1) is 15.9. The predicted molar refractivity (Wildman–Crippen MR) is 73.8 cm³/mol. The maximum absolute atomic E-state index is 12.9. The maximum atomic E-state index is 12.9. The number of aliphatic hydroxyl groups excluding tert-OH is 1. The summed E-state index contributed by atoms with van der Waals surface area (Å²) < 4.78 is 12.9. The summed E-state index contributed by atoms with van der Waals surface area (Å²) in [4.78, 5) is 11.8. The van der Waals surface area contributed by atoms with Crippen LogP contribution in [0.15, 0.2) is 18.2 Å². The minimum Gasteiger partial charge on any atom is -0.393 e. The van der Waals surface area contributed by atoms with Gasteiger partial charge >= 0.3 is 0 Å². The van der Waals surface area contributed by atoms with E-state index < -0.39 is 11.9 Å². The summed E-state index contributed by atoms with van der Waals surface area (Å²) in [6.07, 6.45) is -0.0508. The minimum absolute atomic E-state index is 0.0777. The van der Waals surface area contributed by atoms with E-state index in [2.05, 4.69) is 5.32 Å². The Morgan fingerprint density at radius 3 is 2.63 bits per heavy atom. The monoisotopic (exact) mass is 287 g/mol. The van der Waals surface area contributed by atoms with Gasteiger partial charge in [-0.2, -0.15) is 0 Å². The van der Waals surface area contributed by atoms with Gasteiger partial charge < -0.3 is 10.4 Å². The standard InChI is InChI=1S/C14H19ClFNO2/c1-14(2,3)12(18)6-7-17-13(19)10-5-4-9(16)8-11(10)15/h4-5,8,12,18H,6-7H2,1-3H3,(H,17,19). The lowest BCUT2D eigenvalue weighted by molar-refractivity contribution is 0.0551. The van der Waals surface area contributed by atoms with Crippen molar-refractivity contribution in [3.05, 3.63) is 34.6 Å². The number of carbonyl (C=O) groups excluding carboxylic acids is 1. The van der Waals surface area contributed by atoms with Crippen LogP contribution in [0.25, 0.3) is 0 Å². The van der Waals surface area contributed by atoms with Gasteiger partial charge in [-0.05, 0) is 30.0 Å². The molecule has 0 aromatic heterocycles. The Morgan fingerprint density at radius 2 is 2.11 bits per heavy atom. The smallest absolute Gasteiger partial charge is 0.252 e. The second-order valence-corrected chi connectivity index (χ2v) is 5.96. The van der Waals surface area contributed by atoms with Crippen molar-refractivity contribution < 1.29 is 14.3 Å². The van der Waals surface area contributed by atoms with E-state index in [0.717, 1.165) is 6.07 Å². The van der Waals surface area contributed by atoms with Gasteiger partial charge in [0.1, 0.15) is 5.82 Å². The highest BCUT2D eigenvalue weighted by Gasteiger charge is 2.21. The van der Waals surface area contributed by atoms with Gasteiger partial charge in [0, 0.05) is 6.54 Å². The van der Waals surface area contributed by atoms with Crippen LogP contribution < -0.4 is 5.32 Å². The molecular weight excluding hydrogens is 269 g/mol. The average molecular weight is 288 g/mol. The normalized spacial score (nSPS) is 13.2. The first-order chi connectivity index (χ1) is 8.71. The summed E-state index contributed by atoms with van der Waals surface area (Å²) >= 11 is 5.79. The predicted octanol–water partition coefficient (Wildman–Crippen LogP) is 3.01. The number of hydrogen-bond acceptors (Lipinski definition) is 2. The Hall–Kier alpha value is -1.13. The molecule has 0 saturated carbocycles. The summed E-state index contributed by atoms with van der Waals surface area (Å²) in [5.74, 6) is -0.851. The number of hydrogen-bond donors (Lipinski definition) is 2. The molecule has 0 bridgehead atoms. The second kappa shape index (κ2) is 6.35. The lowest BCUT2D eigenvalue weighted by Crippen LogP contribution is -2.32.